The third kappa shape index (κ3) is 3.66. The van der Waals surface area contributed by atoms with E-state index in [0.717, 1.165) is 5.56 Å². The van der Waals surface area contributed by atoms with Crippen molar-refractivity contribution in [1.29, 1.82) is 0 Å². The van der Waals surface area contributed by atoms with Gasteiger partial charge in [0.1, 0.15) is 17.2 Å². The van der Waals surface area contributed by atoms with E-state index in [0.29, 0.717) is 17.2 Å². The fourth-order valence-corrected chi connectivity index (χ4v) is 1.94. The lowest BCUT2D eigenvalue weighted by molar-refractivity contribution is -0.115. The summed E-state index contributed by atoms with van der Waals surface area (Å²) in [6, 6.07) is 11.9. The number of phenols is 1. The lowest BCUT2D eigenvalue weighted by Gasteiger charge is -2.11. The van der Waals surface area contributed by atoms with Gasteiger partial charge < -0.3 is 19.9 Å². The molecule has 21 heavy (non-hydrogen) atoms. The van der Waals surface area contributed by atoms with Gasteiger partial charge in [0.2, 0.25) is 5.91 Å². The molecule has 0 aromatic heterocycles. The summed E-state index contributed by atoms with van der Waals surface area (Å²) in [5.74, 6) is 1.05. The maximum absolute atomic E-state index is 12.0. The first-order chi connectivity index (χ1) is 10.1. The van der Waals surface area contributed by atoms with Crippen LogP contribution in [-0.2, 0) is 11.2 Å². The second-order valence-electron chi connectivity index (χ2n) is 4.42. The SMILES string of the molecule is COc1ccc(CC(=O)Nc2ccccc2O)c(OC)c1. The van der Waals surface area contributed by atoms with Crippen molar-refractivity contribution in [2.24, 2.45) is 0 Å². The van der Waals surface area contributed by atoms with Gasteiger partial charge in [-0.25, -0.2) is 0 Å². The largest absolute Gasteiger partial charge is 0.506 e. The summed E-state index contributed by atoms with van der Waals surface area (Å²) in [6.07, 6.45) is 0.140. The van der Waals surface area contributed by atoms with Gasteiger partial charge >= 0.3 is 0 Å². The Labute approximate surface area is 123 Å². The van der Waals surface area contributed by atoms with Crippen LogP contribution < -0.4 is 14.8 Å². The minimum atomic E-state index is -0.236. The topological polar surface area (TPSA) is 67.8 Å². The highest BCUT2D eigenvalue weighted by Gasteiger charge is 2.11. The van der Waals surface area contributed by atoms with Gasteiger partial charge in [-0.15, -0.1) is 0 Å². The maximum Gasteiger partial charge on any atom is 0.229 e. The van der Waals surface area contributed by atoms with E-state index in [2.05, 4.69) is 5.32 Å². The van der Waals surface area contributed by atoms with E-state index in [-0.39, 0.29) is 18.1 Å². The second kappa shape index (κ2) is 6.65. The van der Waals surface area contributed by atoms with Gasteiger partial charge in [-0.1, -0.05) is 18.2 Å². The molecule has 0 aliphatic heterocycles. The summed E-state index contributed by atoms with van der Waals surface area (Å²) in [5, 5.41) is 12.3. The van der Waals surface area contributed by atoms with Crippen LogP contribution in [0.2, 0.25) is 0 Å². The minimum Gasteiger partial charge on any atom is -0.506 e. The van der Waals surface area contributed by atoms with E-state index in [1.807, 2.05) is 0 Å². The number of para-hydroxylation sites is 2. The van der Waals surface area contributed by atoms with Crippen LogP contribution in [-0.4, -0.2) is 25.2 Å². The molecular formula is C16H17NO4. The van der Waals surface area contributed by atoms with Crippen molar-refractivity contribution in [2.75, 3.05) is 19.5 Å². The molecule has 0 aliphatic rings. The Bertz CT molecular complexity index is 640. The van der Waals surface area contributed by atoms with Crippen molar-refractivity contribution in [2.45, 2.75) is 6.42 Å². The van der Waals surface area contributed by atoms with Gasteiger partial charge in [0.05, 0.1) is 26.3 Å². The Morgan fingerprint density at radius 1 is 1.14 bits per heavy atom. The first kappa shape index (κ1) is 14.7. The average Bonchev–Trinajstić information content (AvgIpc) is 2.50. The van der Waals surface area contributed by atoms with Crippen LogP contribution in [0.15, 0.2) is 42.5 Å². The number of nitrogens with one attached hydrogen (secondary N) is 1. The zero-order chi connectivity index (χ0) is 15.2. The number of hydrogen-bond acceptors (Lipinski definition) is 4. The first-order valence-electron chi connectivity index (χ1n) is 6.42. The quantitative estimate of drug-likeness (QED) is 0.829. The predicted molar refractivity (Wildman–Crippen MR) is 80.0 cm³/mol. The van der Waals surface area contributed by atoms with Crippen LogP contribution in [0, 0.1) is 0 Å². The maximum atomic E-state index is 12.0. The fraction of sp³-hybridized carbons (Fsp3) is 0.188. The Kier molecular flexibility index (Phi) is 4.66. The van der Waals surface area contributed by atoms with E-state index in [4.69, 9.17) is 9.47 Å². The lowest BCUT2D eigenvalue weighted by atomic mass is 10.1. The number of carbonyl (C=O) groups is 1. The molecule has 5 heteroatoms. The molecule has 110 valence electrons. The molecule has 0 unspecified atom stereocenters. The number of phenolic OH excluding ortho intramolecular Hbond substituents is 1. The van der Waals surface area contributed by atoms with Gasteiger partial charge in [-0.05, 0) is 18.2 Å². The summed E-state index contributed by atoms with van der Waals surface area (Å²) in [7, 11) is 3.11. The molecule has 2 aromatic carbocycles. The van der Waals surface area contributed by atoms with Crippen molar-refractivity contribution in [3.05, 3.63) is 48.0 Å². The fourth-order valence-electron chi connectivity index (χ4n) is 1.94. The van der Waals surface area contributed by atoms with Gasteiger partial charge in [0.25, 0.3) is 0 Å². The Morgan fingerprint density at radius 2 is 1.90 bits per heavy atom. The smallest absolute Gasteiger partial charge is 0.229 e. The Balaban J connectivity index is 2.11. The van der Waals surface area contributed by atoms with E-state index >= 15 is 0 Å². The molecule has 1 amide bonds. The summed E-state index contributed by atoms with van der Waals surface area (Å²) < 4.78 is 10.4. The number of ether oxygens (including phenoxy) is 2. The van der Waals surface area contributed by atoms with Crippen molar-refractivity contribution >= 4 is 11.6 Å². The molecule has 0 saturated heterocycles. The number of methoxy groups -OCH3 is 2. The molecule has 0 saturated carbocycles. The summed E-state index contributed by atoms with van der Waals surface area (Å²) in [5.41, 5.74) is 1.13. The highest BCUT2D eigenvalue weighted by molar-refractivity contribution is 5.93. The molecule has 2 rings (SSSR count). The van der Waals surface area contributed by atoms with Crippen LogP contribution in [0.1, 0.15) is 5.56 Å². The Hall–Kier alpha value is -2.69. The standard InChI is InChI=1S/C16H17NO4/c1-20-12-8-7-11(15(10-12)21-2)9-16(19)17-13-5-3-4-6-14(13)18/h3-8,10,18H,9H2,1-2H3,(H,17,19). The zero-order valence-electron chi connectivity index (χ0n) is 11.9. The van der Waals surface area contributed by atoms with Crippen molar-refractivity contribution in [3.8, 4) is 17.2 Å². The lowest BCUT2D eigenvalue weighted by Crippen LogP contribution is -2.15. The number of rotatable bonds is 5. The van der Waals surface area contributed by atoms with Gasteiger partial charge in [-0.3, -0.25) is 4.79 Å². The Morgan fingerprint density at radius 3 is 2.57 bits per heavy atom. The highest BCUT2D eigenvalue weighted by Crippen LogP contribution is 2.26. The van der Waals surface area contributed by atoms with Crippen molar-refractivity contribution in [1.82, 2.24) is 0 Å². The molecule has 5 nitrogen and oxygen atoms in total. The molecule has 0 aliphatic carbocycles. The monoisotopic (exact) mass is 287 g/mol. The third-order valence-electron chi connectivity index (χ3n) is 3.02. The molecule has 0 bridgehead atoms. The third-order valence-corrected chi connectivity index (χ3v) is 3.02. The van der Waals surface area contributed by atoms with Crippen LogP contribution in [0.5, 0.6) is 17.2 Å². The molecule has 0 radical (unpaired) electrons. The summed E-state index contributed by atoms with van der Waals surface area (Å²) >= 11 is 0. The second-order valence-corrected chi connectivity index (χ2v) is 4.42. The number of aromatic hydroxyl groups is 1. The van der Waals surface area contributed by atoms with Crippen LogP contribution in [0.3, 0.4) is 0 Å². The van der Waals surface area contributed by atoms with Crippen LogP contribution >= 0.6 is 0 Å². The molecule has 0 fully saturated rings. The number of hydrogen-bond donors (Lipinski definition) is 2. The van der Waals surface area contributed by atoms with E-state index in [1.54, 1.807) is 50.6 Å². The number of carbonyl (C=O) groups excluding carboxylic acids is 1. The molecule has 2 aromatic rings. The average molecular weight is 287 g/mol. The molecular weight excluding hydrogens is 270 g/mol. The van der Waals surface area contributed by atoms with E-state index < -0.39 is 0 Å². The molecule has 0 atom stereocenters. The first-order valence-corrected chi connectivity index (χ1v) is 6.42. The van der Waals surface area contributed by atoms with Gasteiger partial charge in [0.15, 0.2) is 0 Å². The van der Waals surface area contributed by atoms with E-state index in [9.17, 15) is 9.90 Å². The minimum absolute atomic E-state index is 0.0348. The number of anilines is 1. The summed E-state index contributed by atoms with van der Waals surface area (Å²) in [6.45, 7) is 0. The molecule has 0 spiro atoms. The highest BCUT2D eigenvalue weighted by atomic mass is 16.5. The van der Waals surface area contributed by atoms with Crippen LogP contribution in [0.25, 0.3) is 0 Å². The van der Waals surface area contributed by atoms with E-state index in [1.165, 1.54) is 6.07 Å². The number of amides is 1. The van der Waals surface area contributed by atoms with Gasteiger partial charge in [0, 0.05) is 11.6 Å². The molecule has 0 heterocycles. The normalized spacial score (nSPS) is 10.0. The van der Waals surface area contributed by atoms with Crippen molar-refractivity contribution in [3.63, 3.8) is 0 Å². The van der Waals surface area contributed by atoms with Crippen molar-refractivity contribution < 1.29 is 19.4 Å². The summed E-state index contributed by atoms with van der Waals surface area (Å²) in [4.78, 5) is 12.0. The van der Waals surface area contributed by atoms with Gasteiger partial charge in [-0.2, -0.15) is 0 Å². The molecule has 2 N–H and O–H groups in total. The number of benzene rings is 2. The zero-order valence-corrected chi connectivity index (χ0v) is 11.9. The van der Waals surface area contributed by atoms with Crippen LogP contribution in [0.4, 0.5) is 5.69 Å². The predicted octanol–water partition coefficient (Wildman–Crippen LogP) is 2.59.